The first-order valence-electron chi connectivity index (χ1n) is 20.3. The summed E-state index contributed by atoms with van der Waals surface area (Å²) in [4.78, 5) is 71.9. The van der Waals surface area contributed by atoms with Gasteiger partial charge in [0.1, 0.15) is 35.2 Å². The maximum Gasteiger partial charge on any atom is 0.407 e. The number of amides is 4. The van der Waals surface area contributed by atoms with Crippen LogP contribution in [-0.2, 0) is 24.5 Å². The molecule has 4 N–H and O–H groups in total. The molecule has 4 amide bonds. The number of thioether (sulfide) groups is 2. The topological polar surface area (TPSA) is 184 Å². The zero-order valence-corrected chi connectivity index (χ0v) is 36.9. The molecule has 2 aromatic carbocycles. The average Bonchev–Trinajstić information content (AvgIpc) is 4.10. The standard InChI is InChI=1S/C43H54N8O7S2/c1-9-23(3)35(48-41(54)56-7)39(52)50-21-59-19-31(50)37-44-17-29(46-37)25-12-14-33-28(15-25)43(5,6)27-13-11-26(16-34(27)58-33)30-18-45-38(47-30)32-20-60-22-51(32)40(53)36(24(4)10-2)49-42(55)57-8/h11-18,23-24,31-32,35-36H,9-10,19-22H2,1-8H3,(H,44,46)(H,45,47)(H,48,54)(H,49,55)/t23-,24-,31-,32-,35-,36-/m0/s1. The van der Waals surface area contributed by atoms with Crippen molar-refractivity contribution in [1.82, 2.24) is 40.4 Å². The van der Waals surface area contributed by atoms with Crippen LogP contribution in [0.15, 0.2) is 48.8 Å². The minimum Gasteiger partial charge on any atom is -0.457 e. The largest absolute Gasteiger partial charge is 0.457 e. The predicted octanol–water partition coefficient (Wildman–Crippen LogP) is 7.59. The third-order valence-corrected chi connectivity index (χ3v) is 14.2. The Morgan fingerprint density at radius 1 is 0.767 bits per heavy atom. The third kappa shape index (κ3) is 8.29. The Labute approximate surface area is 358 Å². The van der Waals surface area contributed by atoms with E-state index in [-0.39, 0.29) is 35.7 Å². The van der Waals surface area contributed by atoms with E-state index in [0.29, 0.717) is 41.3 Å². The van der Waals surface area contributed by atoms with E-state index in [1.54, 1.807) is 45.7 Å². The minimum absolute atomic E-state index is 0.0790. The summed E-state index contributed by atoms with van der Waals surface area (Å²) in [6.45, 7) is 12.2. The van der Waals surface area contributed by atoms with Gasteiger partial charge in [0.2, 0.25) is 11.8 Å². The lowest BCUT2D eigenvalue weighted by molar-refractivity contribution is -0.136. The number of hydrogen-bond acceptors (Lipinski definition) is 11. The number of nitrogens with one attached hydrogen (secondary N) is 4. The van der Waals surface area contributed by atoms with Gasteiger partial charge in [0.25, 0.3) is 0 Å². The molecule has 0 radical (unpaired) electrons. The van der Waals surface area contributed by atoms with E-state index in [1.165, 1.54) is 14.2 Å². The molecule has 5 heterocycles. The first-order chi connectivity index (χ1) is 28.8. The summed E-state index contributed by atoms with van der Waals surface area (Å²) in [5.41, 5.74) is 5.12. The van der Waals surface area contributed by atoms with Gasteiger partial charge < -0.3 is 44.6 Å². The number of methoxy groups -OCH3 is 2. The molecular formula is C43H54N8O7S2. The zero-order valence-electron chi connectivity index (χ0n) is 35.3. The predicted molar refractivity (Wildman–Crippen MR) is 232 cm³/mol. The summed E-state index contributed by atoms with van der Waals surface area (Å²) < 4.78 is 16.2. The molecule has 0 spiro atoms. The van der Waals surface area contributed by atoms with Crippen molar-refractivity contribution >= 4 is 47.5 Å². The molecule has 0 bridgehead atoms. The summed E-state index contributed by atoms with van der Waals surface area (Å²) in [6, 6.07) is 10.3. The SMILES string of the molecule is CC[C@H](C)[C@H](NC(=O)OC)C(=O)N1CSC[C@H]1c1ncc(-c2ccc3c(c2)Oc2ccc(-c4cnc([C@@H]5CSCN5C(=O)[C@@H](NC(=O)OC)[C@@H](C)CC)[nH]4)cc2C3(C)C)[nH]1. The fourth-order valence-corrected chi connectivity index (χ4v) is 10.3. The van der Waals surface area contributed by atoms with Gasteiger partial charge in [-0.2, -0.15) is 0 Å². The first kappa shape index (κ1) is 42.9. The summed E-state index contributed by atoms with van der Waals surface area (Å²) in [6.07, 6.45) is 3.77. The lowest BCUT2D eigenvalue weighted by Crippen LogP contribution is -2.51. The Hall–Kier alpha value is -5.16. The van der Waals surface area contributed by atoms with E-state index in [2.05, 4.69) is 52.6 Å². The van der Waals surface area contributed by atoms with E-state index < -0.39 is 29.7 Å². The molecule has 4 aromatic rings. The molecule has 7 rings (SSSR count). The van der Waals surface area contributed by atoms with Crippen molar-refractivity contribution in [3.8, 4) is 34.0 Å². The molecule has 2 saturated heterocycles. The first-order valence-corrected chi connectivity index (χ1v) is 22.6. The second kappa shape index (κ2) is 17.8. The highest BCUT2D eigenvalue weighted by Crippen LogP contribution is 2.50. The summed E-state index contributed by atoms with van der Waals surface area (Å²) in [5, 5.41) is 5.49. The maximum absolute atomic E-state index is 13.8. The zero-order chi connectivity index (χ0) is 42.9. The van der Waals surface area contributed by atoms with Crippen LogP contribution in [0, 0.1) is 11.8 Å². The van der Waals surface area contributed by atoms with Crippen molar-refractivity contribution in [2.24, 2.45) is 11.8 Å². The number of carbonyl (C=O) groups is 4. The van der Waals surface area contributed by atoms with Crippen LogP contribution in [0.1, 0.15) is 89.2 Å². The summed E-state index contributed by atoms with van der Waals surface area (Å²) in [5.74, 6) is 4.75. The van der Waals surface area contributed by atoms with Crippen LogP contribution in [0.2, 0.25) is 0 Å². The number of imidazole rings is 2. The Bertz CT molecular complexity index is 2240. The molecule has 6 atom stereocenters. The minimum atomic E-state index is -0.707. The van der Waals surface area contributed by atoms with Crippen molar-refractivity contribution in [3.63, 3.8) is 0 Å². The summed E-state index contributed by atoms with van der Waals surface area (Å²) in [7, 11) is 2.59. The molecule has 2 aromatic heterocycles. The lowest BCUT2D eigenvalue weighted by atomic mass is 9.75. The molecule has 2 fully saturated rings. The fraction of sp³-hybridized carbons (Fsp3) is 0.488. The molecule has 320 valence electrons. The van der Waals surface area contributed by atoms with Crippen LogP contribution in [0.5, 0.6) is 11.5 Å². The van der Waals surface area contributed by atoms with Gasteiger partial charge in [-0.05, 0) is 36.1 Å². The van der Waals surface area contributed by atoms with Crippen LogP contribution < -0.4 is 15.4 Å². The monoisotopic (exact) mass is 858 g/mol. The quantitative estimate of drug-likeness (QED) is 0.110. The molecule has 3 aliphatic heterocycles. The van der Waals surface area contributed by atoms with Crippen molar-refractivity contribution in [1.29, 1.82) is 0 Å². The molecule has 0 saturated carbocycles. The Morgan fingerprint density at radius 2 is 1.25 bits per heavy atom. The third-order valence-electron chi connectivity index (χ3n) is 12.2. The summed E-state index contributed by atoms with van der Waals surface area (Å²) >= 11 is 3.30. The highest BCUT2D eigenvalue weighted by atomic mass is 32.2. The number of carbonyl (C=O) groups excluding carboxylic acids is 4. The number of nitrogens with zero attached hydrogens (tertiary/aromatic N) is 4. The van der Waals surface area contributed by atoms with Gasteiger partial charge in [0.05, 0.1) is 61.8 Å². The molecule has 60 heavy (non-hydrogen) atoms. The van der Waals surface area contributed by atoms with E-state index in [9.17, 15) is 19.2 Å². The molecule has 15 nitrogen and oxygen atoms in total. The van der Waals surface area contributed by atoms with Gasteiger partial charge in [-0.15, -0.1) is 23.5 Å². The number of aromatic amines is 2. The normalized spacial score (nSPS) is 19.9. The van der Waals surface area contributed by atoms with Crippen molar-refractivity contribution in [2.75, 3.05) is 37.5 Å². The highest BCUT2D eigenvalue weighted by Gasteiger charge is 2.41. The van der Waals surface area contributed by atoms with E-state index in [4.69, 9.17) is 24.2 Å². The van der Waals surface area contributed by atoms with E-state index in [0.717, 1.165) is 51.6 Å². The second-order valence-corrected chi connectivity index (χ2v) is 18.2. The van der Waals surface area contributed by atoms with Crippen LogP contribution in [0.3, 0.4) is 0 Å². The number of benzene rings is 2. The van der Waals surface area contributed by atoms with Gasteiger partial charge in [-0.25, -0.2) is 19.6 Å². The number of aromatic nitrogens is 4. The second-order valence-electron chi connectivity index (χ2n) is 16.2. The van der Waals surface area contributed by atoms with Crippen molar-refractivity contribution in [2.45, 2.75) is 84.0 Å². The van der Waals surface area contributed by atoms with Gasteiger partial charge in [0, 0.05) is 39.2 Å². The smallest absolute Gasteiger partial charge is 0.407 e. The number of alkyl carbamates (subject to hydrolysis) is 2. The molecule has 3 aliphatic rings. The Balaban J connectivity index is 1.08. The Kier molecular flexibility index (Phi) is 12.8. The van der Waals surface area contributed by atoms with Gasteiger partial charge >= 0.3 is 12.2 Å². The van der Waals surface area contributed by atoms with Crippen molar-refractivity contribution < 1.29 is 33.4 Å². The maximum atomic E-state index is 13.8. The van der Waals surface area contributed by atoms with Crippen LogP contribution in [0.4, 0.5) is 9.59 Å². The molecular weight excluding hydrogens is 805 g/mol. The van der Waals surface area contributed by atoms with Gasteiger partial charge in [-0.1, -0.05) is 66.5 Å². The average molecular weight is 859 g/mol. The number of rotatable bonds is 12. The number of ether oxygens (including phenoxy) is 3. The van der Waals surface area contributed by atoms with Crippen LogP contribution >= 0.6 is 23.5 Å². The number of hydrogen-bond donors (Lipinski definition) is 4. The van der Waals surface area contributed by atoms with Crippen LogP contribution in [0.25, 0.3) is 22.5 Å². The molecule has 0 unspecified atom stereocenters. The molecule has 0 aliphatic carbocycles. The number of H-pyrrole nitrogens is 2. The van der Waals surface area contributed by atoms with E-state index in [1.807, 2.05) is 45.9 Å². The number of fused-ring (bicyclic) bond motifs is 2. The van der Waals surface area contributed by atoms with Gasteiger partial charge in [-0.3, -0.25) is 9.59 Å². The fourth-order valence-electron chi connectivity index (χ4n) is 8.00. The molecule has 17 heteroatoms. The highest BCUT2D eigenvalue weighted by molar-refractivity contribution is 7.99. The Morgan fingerprint density at radius 3 is 1.73 bits per heavy atom. The lowest BCUT2D eigenvalue weighted by Gasteiger charge is -2.35. The van der Waals surface area contributed by atoms with Crippen molar-refractivity contribution in [3.05, 3.63) is 71.6 Å². The van der Waals surface area contributed by atoms with Gasteiger partial charge in [0.15, 0.2) is 0 Å². The van der Waals surface area contributed by atoms with E-state index >= 15 is 0 Å². The van der Waals surface area contributed by atoms with Crippen LogP contribution in [-0.4, -0.2) is 103 Å².